The van der Waals surface area contributed by atoms with Crippen LogP contribution in [0, 0.1) is 0 Å². The average molecular weight is 292 g/mol. The molecule has 0 spiro atoms. The predicted molar refractivity (Wildman–Crippen MR) is 80.8 cm³/mol. The number of hydrogen-bond donors (Lipinski definition) is 1. The number of rotatable bonds is 9. The van der Waals surface area contributed by atoms with Gasteiger partial charge in [-0.3, -0.25) is 14.6 Å². The summed E-state index contributed by atoms with van der Waals surface area (Å²) < 4.78 is 0. The molecule has 0 saturated heterocycles. The van der Waals surface area contributed by atoms with Gasteiger partial charge in [0.25, 0.3) is 5.91 Å². The topological polar surface area (TPSA) is 75.2 Å². The largest absolute Gasteiger partial charge is 0.356 e. The molecule has 0 aliphatic heterocycles. The van der Waals surface area contributed by atoms with E-state index in [9.17, 15) is 9.59 Å². The highest BCUT2D eigenvalue weighted by atomic mass is 16.2. The average Bonchev–Trinajstić information content (AvgIpc) is 2.52. The quantitative estimate of drug-likeness (QED) is 0.702. The molecule has 0 unspecified atom stereocenters. The molecule has 0 atom stereocenters. The number of nitrogens with zero attached hydrogens (tertiary/aromatic N) is 3. The van der Waals surface area contributed by atoms with Gasteiger partial charge in [0, 0.05) is 38.4 Å². The molecule has 1 aromatic rings. The van der Waals surface area contributed by atoms with Crippen LogP contribution in [0.5, 0.6) is 0 Å². The molecule has 0 aliphatic rings. The molecule has 2 amide bonds. The van der Waals surface area contributed by atoms with E-state index in [2.05, 4.69) is 22.2 Å². The fourth-order valence-electron chi connectivity index (χ4n) is 1.90. The van der Waals surface area contributed by atoms with Crippen LogP contribution in [0.1, 0.15) is 50.0 Å². The minimum absolute atomic E-state index is 0.0171. The first-order valence-electron chi connectivity index (χ1n) is 7.51. The summed E-state index contributed by atoms with van der Waals surface area (Å²) in [7, 11) is 0. The molecule has 116 valence electrons. The maximum atomic E-state index is 12.2. The number of unbranched alkanes of at least 4 members (excludes halogenated alkanes) is 2. The maximum Gasteiger partial charge on any atom is 0.274 e. The minimum atomic E-state index is -0.190. The number of aromatic nitrogens is 2. The molecule has 0 radical (unpaired) electrons. The molecule has 1 aromatic heterocycles. The summed E-state index contributed by atoms with van der Waals surface area (Å²) in [4.78, 5) is 33.4. The Hall–Kier alpha value is -1.98. The van der Waals surface area contributed by atoms with Gasteiger partial charge in [-0.15, -0.1) is 0 Å². The Balaban J connectivity index is 2.37. The lowest BCUT2D eigenvalue weighted by Crippen LogP contribution is -2.35. The normalized spacial score (nSPS) is 10.2. The number of hydrogen-bond acceptors (Lipinski definition) is 4. The van der Waals surface area contributed by atoms with Crippen molar-refractivity contribution in [1.82, 2.24) is 20.2 Å². The van der Waals surface area contributed by atoms with Gasteiger partial charge in [-0.1, -0.05) is 19.8 Å². The molecule has 0 fully saturated rings. The molecule has 6 nitrogen and oxygen atoms in total. The second kappa shape index (κ2) is 9.85. The van der Waals surface area contributed by atoms with E-state index < -0.39 is 0 Å². The molecule has 6 heteroatoms. The van der Waals surface area contributed by atoms with Crippen molar-refractivity contribution >= 4 is 11.8 Å². The summed E-state index contributed by atoms with van der Waals surface area (Å²) in [5.74, 6) is -0.208. The van der Waals surface area contributed by atoms with Crippen molar-refractivity contribution in [2.75, 3.05) is 19.6 Å². The van der Waals surface area contributed by atoms with Gasteiger partial charge in [-0.2, -0.15) is 0 Å². The SMILES string of the molecule is CCCCCNC(=O)CCN(CC)C(=O)c1cnccn1. The second-order valence-electron chi connectivity index (χ2n) is 4.78. The fourth-order valence-corrected chi connectivity index (χ4v) is 1.90. The molecule has 0 bridgehead atoms. The van der Waals surface area contributed by atoms with Crippen LogP contribution in [0.25, 0.3) is 0 Å². The van der Waals surface area contributed by atoms with Gasteiger partial charge < -0.3 is 10.2 Å². The third-order valence-electron chi connectivity index (χ3n) is 3.16. The highest BCUT2D eigenvalue weighted by Gasteiger charge is 2.16. The molecule has 0 aliphatic carbocycles. The molecule has 1 heterocycles. The monoisotopic (exact) mass is 292 g/mol. The van der Waals surface area contributed by atoms with Gasteiger partial charge in [0.1, 0.15) is 5.69 Å². The lowest BCUT2D eigenvalue weighted by molar-refractivity contribution is -0.121. The van der Waals surface area contributed by atoms with Gasteiger partial charge in [0.2, 0.25) is 5.91 Å². The van der Waals surface area contributed by atoms with Crippen LogP contribution in [0.2, 0.25) is 0 Å². The molecular weight excluding hydrogens is 268 g/mol. The minimum Gasteiger partial charge on any atom is -0.356 e. The van der Waals surface area contributed by atoms with Gasteiger partial charge in [-0.05, 0) is 13.3 Å². The van der Waals surface area contributed by atoms with Crippen LogP contribution in [0.4, 0.5) is 0 Å². The summed E-state index contributed by atoms with van der Waals surface area (Å²) in [6.07, 6.45) is 8.01. The van der Waals surface area contributed by atoms with Gasteiger partial charge in [-0.25, -0.2) is 4.98 Å². The Kier molecular flexibility index (Phi) is 8.01. The lowest BCUT2D eigenvalue weighted by Gasteiger charge is -2.19. The molecular formula is C15H24N4O2. The lowest BCUT2D eigenvalue weighted by atomic mass is 10.2. The summed E-state index contributed by atoms with van der Waals surface area (Å²) in [5.41, 5.74) is 0.308. The van der Waals surface area contributed by atoms with E-state index in [1.807, 2.05) is 6.92 Å². The van der Waals surface area contributed by atoms with Crippen molar-refractivity contribution in [2.24, 2.45) is 0 Å². The van der Waals surface area contributed by atoms with Gasteiger partial charge >= 0.3 is 0 Å². The van der Waals surface area contributed by atoms with Crippen LogP contribution < -0.4 is 5.32 Å². The summed E-state index contributed by atoms with van der Waals surface area (Å²) >= 11 is 0. The Morgan fingerprint density at radius 1 is 1.24 bits per heavy atom. The van der Waals surface area contributed by atoms with E-state index in [1.54, 1.807) is 4.90 Å². The highest BCUT2D eigenvalue weighted by Crippen LogP contribution is 2.01. The fraction of sp³-hybridized carbons (Fsp3) is 0.600. The second-order valence-corrected chi connectivity index (χ2v) is 4.78. The molecule has 1 rings (SSSR count). The summed E-state index contributed by atoms with van der Waals surface area (Å²) in [6, 6.07) is 0. The Bertz CT molecular complexity index is 437. The third kappa shape index (κ3) is 6.33. The van der Waals surface area contributed by atoms with E-state index in [0.717, 1.165) is 19.3 Å². The number of nitrogens with one attached hydrogen (secondary N) is 1. The van der Waals surface area contributed by atoms with E-state index in [-0.39, 0.29) is 11.8 Å². The first kappa shape index (κ1) is 17.1. The molecule has 0 saturated carbocycles. The maximum absolute atomic E-state index is 12.2. The van der Waals surface area contributed by atoms with E-state index in [4.69, 9.17) is 0 Å². The van der Waals surface area contributed by atoms with Crippen LogP contribution in [-0.2, 0) is 4.79 Å². The van der Waals surface area contributed by atoms with Crippen LogP contribution >= 0.6 is 0 Å². The van der Waals surface area contributed by atoms with Crippen molar-refractivity contribution in [3.05, 3.63) is 24.3 Å². The Morgan fingerprint density at radius 3 is 2.67 bits per heavy atom. The molecule has 1 N–H and O–H groups in total. The van der Waals surface area contributed by atoms with Crippen molar-refractivity contribution in [3.8, 4) is 0 Å². The first-order chi connectivity index (χ1) is 10.2. The standard InChI is InChI=1S/C15H24N4O2/c1-3-5-6-8-18-14(20)7-11-19(4-2)15(21)13-12-16-9-10-17-13/h9-10,12H,3-8,11H2,1-2H3,(H,18,20). The van der Waals surface area contributed by atoms with Crippen LogP contribution in [0.3, 0.4) is 0 Å². The zero-order chi connectivity index (χ0) is 15.5. The van der Waals surface area contributed by atoms with E-state index in [1.165, 1.54) is 18.6 Å². The number of carbonyl (C=O) groups is 2. The third-order valence-corrected chi connectivity index (χ3v) is 3.16. The predicted octanol–water partition coefficient (Wildman–Crippen LogP) is 1.64. The Morgan fingerprint density at radius 2 is 2.05 bits per heavy atom. The number of amides is 2. The van der Waals surface area contributed by atoms with Gasteiger partial charge in [0.05, 0.1) is 6.20 Å². The van der Waals surface area contributed by atoms with E-state index >= 15 is 0 Å². The molecule has 21 heavy (non-hydrogen) atoms. The highest BCUT2D eigenvalue weighted by molar-refractivity contribution is 5.92. The first-order valence-corrected chi connectivity index (χ1v) is 7.51. The summed E-state index contributed by atoms with van der Waals surface area (Å²) in [5, 5.41) is 2.87. The Labute approximate surface area is 126 Å². The zero-order valence-electron chi connectivity index (χ0n) is 12.8. The smallest absolute Gasteiger partial charge is 0.274 e. The summed E-state index contributed by atoms with van der Waals surface area (Å²) in [6.45, 7) is 5.65. The van der Waals surface area contributed by atoms with Crippen molar-refractivity contribution in [3.63, 3.8) is 0 Å². The zero-order valence-corrected chi connectivity index (χ0v) is 12.8. The van der Waals surface area contributed by atoms with E-state index in [0.29, 0.717) is 31.7 Å². The van der Waals surface area contributed by atoms with Crippen molar-refractivity contribution < 1.29 is 9.59 Å². The number of carbonyl (C=O) groups excluding carboxylic acids is 2. The van der Waals surface area contributed by atoms with Gasteiger partial charge in [0.15, 0.2) is 0 Å². The van der Waals surface area contributed by atoms with Crippen LogP contribution in [-0.4, -0.2) is 46.3 Å². The van der Waals surface area contributed by atoms with Crippen molar-refractivity contribution in [1.29, 1.82) is 0 Å². The molecule has 0 aromatic carbocycles. The van der Waals surface area contributed by atoms with Crippen LogP contribution in [0.15, 0.2) is 18.6 Å². The van der Waals surface area contributed by atoms with Crippen molar-refractivity contribution in [2.45, 2.75) is 39.5 Å².